The van der Waals surface area contributed by atoms with E-state index in [1.807, 2.05) is 42.6 Å². The number of aromatic nitrogens is 1. The Morgan fingerprint density at radius 3 is 2.74 bits per heavy atom. The molecule has 2 N–H and O–H groups in total. The molecule has 19 heavy (non-hydrogen) atoms. The fourth-order valence-electron chi connectivity index (χ4n) is 1.90. The second-order valence-electron chi connectivity index (χ2n) is 4.47. The summed E-state index contributed by atoms with van der Waals surface area (Å²) in [5, 5.41) is 0.727. The molecule has 1 aromatic carbocycles. The van der Waals surface area contributed by atoms with Gasteiger partial charge in [0.05, 0.1) is 0 Å². The van der Waals surface area contributed by atoms with E-state index in [2.05, 4.69) is 16.9 Å². The summed E-state index contributed by atoms with van der Waals surface area (Å²) in [6.45, 7) is 1.37. The fourth-order valence-corrected chi connectivity index (χ4v) is 2.15. The van der Waals surface area contributed by atoms with Crippen LogP contribution in [0.1, 0.15) is 11.3 Å². The SMILES string of the molecule is CN(CCc1ccccn1)c1ccc(CN)c(Cl)c1. The molecule has 0 radical (unpaired) electrons. The lowest BCUT2D eigenvalue weighted by molar-refractivity contribution is 0.852. The van der Waals surface area contributed by atoms with Crippen molar-refractivity contribution in [3.63, 3.8) is 0 Å². The number of likely N-dealkylation sites (N-methyl/N-ethyl adjacent to an activating group) is 1. The first kappa shape index (κ1) is 13.8. The molecular weight excluding hydrogens is 258 g/mol. The zero-order chi connectivity index (χ0) is 13.7. The van der Waals surface area contributed by atoms with E-state index in [0.717, 1.165) is 34.9 Å². The maximum atomic E-state index is 6.17. The number of halogens is 1. The highest BCUT2D eigenvalue weighted by Gasteiger charge is 2.05. The lowest BCUT2D eigenvalue weighted by atomic mass is 10.2. The Hall–Kier alpha value is -1.58. The number of benzene rings is 1. The van der Waals surface area contributed by atoms with Crippen molar-refractivity contribution in [1.82, 2.24) is 4.98 Å². The first-order valence-corrected chi connectivity index (χ1v) is 6.68. The number of nitrogens with two attached hydrogens (primary N) is 1. The molecule has 0 aliphatic carbocycles. The predicted octanol–water partition coefficient (Wildman–Crippen LogP) is 2.87. The molecule has 0 amide bonds. The second kappa shape index (κ2) is 6.55. The zero-order valence-corrected chi connectivity index (χ0v) is 11.8. The van der Waals surface area contributed by atoms with E-state index in [0.29, 0.717) is 6.54 Å². The van der Waals surface area contributed by atoms with E-state index < -0.39 is 0 Å². The third kappa shape index (κ3) is 3.69. The van der Waals surface area contributed by atoms with Gasteiger partial charge in [-0.2, -0.15) is 0 Å². The molecular formula is C15H18ClN3. The van der Waals surface area contributed by atoms with Crippen LogP contribution in [0.5, 0.6) is 0 Å². The van der Waals surface area contributed by atoms with E-state index in [1.54, 1.807) is 0 Å². The molecule has 0 spiro atoms. The average molecular weight is 276 g/mol. The van der Waals surface area contributed by atoms with Crippen molar-refractivity contribution in [2.24, 2.45) is 5.73 Å². The second-order valence-corrected chi connectivity index (χ2v) is 4.88. The lowest BCUT2D eigenvalue weighted by Crippen LogP contribution is -2.20. The molecule has 0 saturated heterocycles. The molecule has 0 bridgehead atoms. The minimum atomic E-state index is 0.469. The third-order valence-electron chi connectivity index (χ3n) is 3.13. The molecule has 1 aromatic heterocycles. The van der Waals surface area contributed by atoms with Gasteiger partial charge in [0.15, 0.2) is 0 Å². The monoisotopic (exact) mass is 275 g/mol. The Balaban J connectivity index is 2.00. The van der Waals surface area contributed by atoms with Crippen molar-refractivity contribution in [3.05, 3.63) is 58.9 Å². The Bertz CT molecular complexity index is 528. The fraction of sp³-hybridized carbons (Fsp3) is 0.267. The van der Waals surface area contributed by atoms with Crippen LogP contribution in [0.2, 0.25) is 5.02 Å². The van der Waals surface area contributed by atoms with Crippen LogP contribution in [0.15, 0.2) is 42.6 Å². The minimum Gasteiger partial charge on any atom is -0.374 e. The van der Waals surface area contributed by atoms with Crippen LogP contribution in [0.3, 0.4) is 0 Å². The number of rotatable bonds is 5. The highest BCUT2D eigenvalue weighted by atomic mass is 35.5. The quantitative estimate of drug-likeness (QED) is 0.912. The van der Waals surface area contributed by atoms with Gasteiger partial charge in [-0.25, -0.2) is 0 Å². The van der Waals surface area contributed by atoms with Gasteiger partial charge in [0.2, 0.25) is 0 Å². The van der Waals surface area contributed by atoms with Crippen LogP contribution in [0.25, 0.3) is 0 Å². The summed E-state index contributed by atoms with van der Waals surface area (Å²) in [5.74, 6) is 0. The van der Waals surface area contributed by atoms with Crippen LogP contribution in [-0.4, -0.2) is 18.6 Å². The first-order chi connectivity index (χ1) is 9.20. The summed E-state index contributed by atoms with van der Waals surface area (Å²) >= 11 is 6.17. The first-order valence-electron chi connectivity index (χ1n) is 6.30. The molecule has 0 fully saturated rings. The van der Waals surface area contributed by atoms with Crippen LogP contribution in [0, 0.1) is 0 Å². The predicted molar refractivity (Wildman–Crippen MR) is 80.6 cm³/mol. The summed E-state index contributed by atoms with van der Waals surface area (Å²) in [7, 11) is 2.05. The Kier molecular flexibility index (Phi) is 4.77. The summed E-state index contributed by atoms with van der Waals surface area (Å²) < 4.78 is 0. The molecule has 1 heterocycles. The molecule has 0 saturated carbocycles. The molecule has 0 atom stereocenters. The lowest BCUT2D eigenvalue weighted by Gasteiger charge is -2.20. The van der Waals surface area contributed by atoms with Crippen molar-refractivity contribution in [2.75, 3.05) is 18.5 Å². The van der Waals surface area contributed by atoms with E-state index in [1.165, 1.54) is 0 Å². The molecule has 4 heteroatoms. The number of anilines is 1. The smallest absolute Gasteiger partial charge is 0.0471 e. The number of nitrogens with zero attached hydrogens (tertiary/aromatic N) is 2. The van der Waals surface area contributed by atoms with Crippen molar-refractivity contribution < 1.29 is 0 Å². The standard InChI is InChI=1S/C15H18ClN3/c1-19(9-7-13-4-2-3-8-18-13)14-6-5-12(11-17)15(16)10-14/h2-6,8,10H,7,9,11,17H2,1H3. The van der Waals surface area contributed by atoms with Crippen molar-refractivity contribution >= 4 is 17.3 Å². The highest BCUT2D eigenvalue weighted by molar-refractivity contribution is 6.31. The normalized spacial score (nSPS) is 10.5. The van der Waals surface area contributed by atoms with Crippen molar-refractivity contribution in [3.8, 4) is 0 Å². The van der Waals surface area contributed by atoms with Crippen molar-refractivity contribution in [1.29, 1.82) is 0 Å². The van der Waals surface area contributed by atoms with Crippen LogP contribution >= 0.6 is 11.6 Å². The van der Waals surface area contributed by atoms with Crippen LogP contribution in [-0.2, 0) is 13.0 Å². The Morgan fingerprint density at radius 2 is 2.11 bits per heavy atom. The topological polar surface area (TPSA) is 42.2 Å². The maximum Gasteiger partial charge on any atom is 0.0471 e. The van der Waals surface area contributed by atoms with Crippen molar-refractivity contribution in [2.45, 2.75) is 13.0 Å². The Labute approximate surface area is 119 Å². The van der Waals surface area contributed by atoms with Gasteiger partial charge in [-0.05, 0) is 29.8 Å². The minimum absolute atomic E-state index is 0.469. The molecule has 100 valence electrons. The number of hydrogen-bond donors (Lipinski definition) is 1. The molecule has 0 aliphatic rings. The van der Waals surface area contributed by atoms with Gasteiger partial charge in [-0.15, -0.1) is 0 Å². The van der Waals surface area contributed by atoms with E-state index in [-0.39, 0.29) is 0 Å². The van der Waals surface area contributed by atoms with Gasteiger partial charge >= 0.3 is 0 Å². The van der Waals surface area contributed by atoms with Gasteiger partial charge in [0.25, 0.3) is 0 Å². The summed E-state index contributed by atoms with van der Waals surface area (Å²) in [6.07, 6.45) is 2.73. The molecule has 0 aliphatic heterocycles. The third-order valence-corrected chi connectivity index (χ3v) is 3.48. The molecule has 0 unspecified atom stereocenters. The van der Waals surface area contributed by atoms with Gasteiger partial charge in [0.1, 0.15) is 0 Å². The maximum absolute atomic E-state index is 6.17. The van der Waals surface area contributed by atoms with Crippen LogP contribution in [0.4, 0.5) is 5.69 Å². The Morgan fingerprint density at radius 1 is 1.26 bits per heavy atom. The molecule has 2 rings (SSSR count). The van der Waals surface area contributed by atoms with Gasteiger partial charge in [-0.1, -0.05) is 23.7 Å². The summed E-state index contributed by atoms with van der Waals surface area (Å²) in [6, 6.07) is 12.0. The summed E-state index contributed by atoms with van der Waals surface area (Å²) in [4.78, 5) is 6.49. The molecule has 2 aromatic rings. The van der Waals surface area contributed by atoms with Gasteiger partial charge in [-0.3, -0.25) is 4.98 Å². The molecule has 3 nitrogen and oxygen atoms in total. The largest absolute Gasteiger partial charge is 0.374 e. The van der Waals surface area contributed by atoms with E-state index in [4.69, 9.17) is 17.3 Å². The summed E-state index contributed by atoms with van der Waals surface area (Å²) in [5.41, 5.74) is 8.77. The van der Waals surface area contributed by atoms with Gasteiger partial charge in [0, 0.05) is 49.2 Å². The van der Waals surface area contributed by atoms with Gasteiger partial charge < -0.3 is 10.6 Å². The van der Waals surface area contributed by atoms with E-state index >= 15 is 0 Å². The van der Waals surface area contributed by atoms with E-state index in [9.17, 15) is 0 Å². The number of hydrogen-bond acceptors (Lipinski definition) is 3. The average Bonchev–Trinajstić information content (AvgIpc) is 2.45. The zero-order valence-electron chi connectivity index (χ0n) is 11.0. The van der Waals surface area contributed by atoms with Crippen LogP contribution < -0.4 is 10.6 Å². The highest BCUT2D eigenvalue weighted by Crippen LogP contribution is 2.22. The number of pyridine rings is 1.